The second-order valence-electron chi connectivity index (χ2n) is 7.73. The molecule has 1 aromatic carbocycles. The maximum atomic E-state index is 12.5. The van der Waals surface area contributed by atoms with E-state index in [0.29, 0.717) is 37.2 Å². The number of carbonyl (C=O) groups excluding carboxylic acids is 1. The number of nitrogen functional groups attached to an aromatic ring is 1. The van der Waals surface area contributed by atoms with E-state index in [1.165, 1.54) is 0 Å². The van der Waals surface area contributed by atoms with Crippen molar-refractivity contribution in [2.24, 2.45) is 4.99 Å². The summed E-state index contributed by atoms with van der Waals surface area (Å²) in [5.41, 5.74) is 9.26. The lowest BCUT2D eigenvalue weighted by Gasteiger charge is -2.24. The molecule has 0 saturated carbocycles. The third-order valence-corrected chi connectivity index (χ3v) is 5.37. The first kappa shape index (κ1) is 20.1. The topological polar surface area (TPSA) is 96.9 Å². The molecule has 2 N–H and O–H groups in total. The summed E-state index contributed by atoms with van der Waals surface area (Å²) in [5, 5.41) is 0. The molecule has 2 aromatic rings. The first-order valence-electron chi connectivity index (χ1n) is 10.6. The summed E-state index contributed by atoms with van der Waals surface area (Å²) in [5.74, 6) is 0.461. The number of likely N-dealkylation sites (tertiary alicyclic amines) is 1. The minimum atomic E-state index is 0.121. The molecule has 1 fully saturated rings. The highest BCUT2D eigenvalue weighted by atomic mass is 16.5. The van der Waals surface area contributed by atoms with Gasteiger partial charge in [-0.25, -0.2) is 4.99 Å². The van der Waals surface area contributed by atoms with Crippen LogP contribution in [0.3, 0.4) is 0 Å². The quantitative estimate of drug-likeness (QED) is 0.707. The molecule has 4 rings (SSSR count). The Kier molecular flexibility index (Phi) is 6.11. The van der Waals surface area contributed by atoms with E-state index in [1.54, 1.807) is 6.34 Å². The van der Waals surface area contributed by atoms with Crippen LogP contribution in [-0.2, 0) is 13.1 Å². The minimum Gasteiger partial charge on any atom is -0.463 e. The van der Waals surface area contributed by atoms with Crippen LogP contribution in [-0.4, -0.2) is 51.7 Å². The number of hydrogen-bond acceptors (Lipinski definition) is 7. The van der Waals surface area contributed by atoms with Crippen molar-refractivity contribution in [2.75, 3.05) is 25.4 Å². The number of ether oxygens (including phenoxy) is 1. The van der Waals surface area contributed by atoms with Gasteiger partial charge in [0.2, 0.25) is 0 Å². The average Bonchev–Trinajstić information content (AvgIpc) is 3.29. The molecule has 0 unspecified atom stereocenters. The van der Waals surface area contributed by atoms with Crippen molar-refractivity contribution in [3.05, 3.63) is 41.1 Å². The molecule has 0 spiro atoms. The van der Waals surface area contributed by atoms with Gasteiger partial charge >= 0.3 is 6.01 Å². The molecule has 0 bridgehead atoms. The number of nitrogens with two attached hydrogens (primary N) is 1. The van der Waals surface area contributed by atoms with Crippen molar-refractivity contribution in [3.8, 4) is 6.01 Å². The van der Waals surface area contributed by atoms with Gasteiger partial charge in [0.1, 0.15) is 5.69 Å². The highest BCUT2D eigenvalue weighted by molar-refractivity contribution is 5.94. The van der Waals surface area contributed by atoms with Gasteiger partial charge < -0.3 is 20.3 Å². The summed E-state index contributed by atoms with van der Waals surface area (Å²) in [6, 6.07) is 8.12. The number of benzene rings is 1. The van der Waals surface area contributed by atoms with Crippen molar-refractivity contribution in [1.82, 2.24) is 19.8 Å². The predicted octanol–water partition coefficient (Wildman–Crippen LogP) is 3.15. The number of amides is 1. The summed E-state index contributed by atoms with van der Waals surface area (Å²) in [4.78, 5) is 29.6. The fourth-order valence-corrected chi connectivity index (χ4v) is 3.68. The van der Waals surface area contributed by atoms with E-state index < -0.39 is 0 Å². The van der Waals surface area contributed by atoms with E-state index in [1.807, 2.05) is 29.2 Å². The lowest BCUT2D eigenvalue weighted by molar-refractivity contribution is 0.0793. The van der Waals surface area contributed by atoms with Gasteiger partial charge in [0.15, 0.2) is 5.82 Å². The SMILES string of the molecule is CCCCOc1nc(N)c2c(n1)CN(Cc1ccc(C(=O)N3CCCC3)cc1)C=N2. The summed E-state index contributed by atoms with van der Waals surface area (Å²) >= 11 is 0. The van der Waals surface area contributed by atoms with Crippen LogP contribution in [0.15, 0.2) is 29.3 Å². The van der Waals surface area contributed by atoms with Crippen LogP contribution in [0, 0.1) is 0 Å². The van der Waals surface area contributed by atoms with Crippen LogP contribution in [0.1, 0.15) is 54.2 Å². The molecule has 1 aromatic heterocycles. The molecule has 30 heavy (non-hydrogen) atoms. The number of aliphatic imine (C=N–C) groups is 1. The fourth-order valence-electron chi connectivity index (χ4n) is 3.68. The maximum Gasteiger partial charge on any atom is 0.318 e. The number of aromatic nitrogens is 2. The van der Waals surface area contributed by atoms with Gasteiger partial charge in [-0.1, -0.05) is 25.5 Å². The standard InChI is InChI=1S/C22H28N6O2/c1-2-3-12-30-22-25-18-14-27(15-24-19(18)20(23)26-22)13-16-6-8-17(9-7-16)21(29)28-10-4-5-11-28/h6-9,15H,2-5,10-14H2,1H3,(H2,23,25,26). The third-order valence-electron chi connectivity index (χ3n) is 5.37. The third kappa shape index (κ3) is 4.53. The van der Waals surface area contributed by atoms with Gasteiger partial charge in [-0.05, 0) is 37.0 Å². The number of rotatable bonds is 7. The van der Waals surface area contributed by atoms with Crippen LogP contribution in [0.25, 0.3) is 0 Å². The second kappa shape index (κ2) is 9.11. The normalized spacial score (nSPS) is 15.4. The Balaban J connectivity index is 1.40. The fraction of sp³-hybridized carbons (Fsp3) is 0.455. The molecule has 2 aliphatic rings. The molecule has 8 nitrogen and oxygen atoms in total. The Morgan fingerprint density at radius 3 is 2.67 bits per heavy atom. The van der Waals surface area contributed by atoms with Gasteiger partial charge in [-0.15, -0.1) is 0 Å². The van der Waals surface area contributed by atoms with Crippen LogP contribution in [0.5, 0.6) is 6.01 Å². The summed E-state index contributed by atoms with van der Waals surface area (Å²) in [6.07, 6.45) is 5.95. The lowest BCUT2D eigenvalue weighted by Crippen LogP contribution is -2.27. The molecule has 1 amide bonds. The highest BCUT2D eigenvalue weighted by Crippen LogP contribution is 2.30. The van der Waals surface area contributed by atoms with Gasteiger partial charge in [0, 0.05) is 25.2 Å². The predicted molar refractivity (Wildman–Crippen MR) is 116 cm³/mol. The van der Waals surface area contributed by atoms with Gasteiger partial charge in [-0.3, -0.25) is 4.79 Å². The Morgan fingerprint density at radius 2 is 1.93 bits per heavy atom. The minimum absolute atomic E-state index is 0.121. The summed E-state index contributed by atoms with van der Waals surface area (Å²) in [6.45, 7) is 5.64. The largest absolute Gasteiger partial charge is 0.463 e. The second-order valence-corrected chi connectivity index (χ2v) is 7.73. The number of carbonyl (C=O) groups is 1. The molecule has 0 aliphatic carbocycles. The lowest BCUT2D eigenvalue weighted by atomic mass is 10.1. The molecule has 0 atom stereocenters. The zero-order valence-corrected chi connectivity index (χ0v) is 17.4. The highest BCUT2D eigenvalue weighted by Gasteiger charge is 2.21. The summed E-state index contributed by atoms with van der Waals surface area (Å²) < 4.78 is 5.62. The molecule has 1 saturated heterocycles. The molecule has 3 heterocycles. The van der Waals surface area contributed by atoms with Crippen LogP contribution in [0.2, 0.25) is 0 Å². The van der Waals surface area contributed by atoms with E-state index in [9.17, 15) is 4.79 Å². The van der Waals surface area contributed by atoms with E-state index in [4.69, 9.17) is 10.5 Å². The Hall–Kier alpha value is -3.16. The van der Waals surface area contributed by atoms with Gasteiger partial charge in [-0.2, -0.15) is 9.97 Å². The van der Waals surface area contributed by atoms with Crippen LogP contribution >= 0.6 is 0 Å². The van der Waals surface area contributed by atoms with Crippen molar-refractivity contribution in [3.63, 3.8) is 0 Å². The van der Waals surface area contributed by atoms with E-state index in [0.717, 1.165) is 55.6 Å². The van der Waals surface area contributed by atoms with Crippen molar-refractivity contribution in [1.29, 1.82) is 0 Å². The van der Waals surface area contributed by atoms with Gasteiger partial charge in [0.25, 0.3) is 5.91 Å². The van der Waals surface area contributed by atoms with Crippen LogP contribution < -0.4 is 10.5 Å². The summed E-state index contributed by atoms with van der Waals surface area (Å²) in [7, 11) is 0. The Morgan fingerprint density at radius 1 is 1.17 bits per heavy atom. The van der Waals surface area contributed by atoms with Gasteiger partial charge in [0.05, 0.1) is 25.2 Å². The maximum absolute atomic E-state index is 12.5. The van der Waals surface area contributed by atoms with E-state index in [2.05, 4.69) is 26.8 Å². The number of nitrogens with zero attached hydrogens (tertiary/aromatic N) is 5. The van der Waals surface area contributed by atoms with Crippen LogP contribution in [0.4, 0.5) is 11.5 Å². The molecular formula is C22H28N6O2. The monoisotopic (exact) mass is 408 g/mol. The first-order chi connectivity index (χ1) is 14.6. The molecule has 158 valence electrons. The first-order valence-corrected chi connectivity index (χ1v) is 10.6. The average molecular weight is 409 g/mol. The van der Waals surface area contributed by atoms with E-state index >= 15 is 0 Å². The van der Waals surface area contributed by atoms with E-state index in [-0.39, 0.29) is 5.91 Å². The number of fused-ring (bicyclic) bond motifs is 1. The number of hydrogen-bond donors (Lipinski definition) is 1. The van der Waals surface area contributed by atoms with Crippen molar-refractivity contribution in [2.45, 2.75) is 45.7 Å². The zero-order chi connectivity index (χ0) is 20.9. The Labute approximate surface area is 176 Å². The smallest absolute Gasteiger partial charge is 0.318 e. The van der Waals surface area contributed by atoms with Crippen molar-refractivity contribution >= 4 is 23.8 Å². The number of unbranched alkanes of at least 4 members (excludes halogenated alkanes) is 1. The molecule has 8 heteroatoms. The Bertz CT molecular complexity index is 922. The molecule has 0 radical (unpaired) electrons. The van der Waals surface area contributed by atoms with Crippen molar-refractivity contribution < 1.29 is 9.53 Å². The molecular weight excluding hydrogens is 380 g/mol. The number of anilines is 1. The zero-order valence-electron chi connectivity index (χ0n) is 17.4. The molecule has 2 aliphatic heterocycles.